The van der Waals surface area contributed by atoms with Gasteiger partial charge in [-0.05, 0) is 37.5 Å². The van der Waals surface area contributed by atoms with Crippen molar-refractivity contribution in [3.63, 3.8) is 0 Å². The second kappa shape index (κ2) is 5.53. The molecule has 1 unspecified atom stereocenters. The van der Waals surface area contributed by atoms with Crippen molar-refractivity contribution in [2.45, 2.75) is 26.2 Å². The lowest BCUT2D eigenvalue weighted by Crippen LogP contribution is -2.34. The Balaban J connectivity index is 1.87. The van der Waals surface area contributed by atoms with Crippen molar-refractivity contribution in [1.82, 2.24) is 4.90 Å². The van der Waals surface area contributed by atoms with E-state index in [0.717, 1.165) is 5.56 Å². The Morgan fingerprint density at radius 2 is 2.00 bits per heavy atom. The van der Waals surface area contributed by atoms with E-state index in [-0.39, 0.29) is 5.91 Å². The lowest BCUT2D eigenvalue weighted by Gasteiger charge is -2.20. The number of nitrogens with two attached hydrogens (primary N) is 1. The zero-order valence-corrected chi connectivity index (χ0v) is 11.6. The van der Waals surface area contributed by atoms with Gasteiger partial charge in [0, 0.05) is 25.2 Å². The maximum atomic E-state index is 12.1. The summed E-state index contributed by atoms with van der Waals surface area (Å²) in [5.74, 6) is -0.807. The van der Waals surface area contributed by atoms with Gasteiger partial charge in [-0.15, -0.1) is 0 Å². The molecule has 2 rings (SSSR count). The second-order valence-corrected chi connectivity index (χ2v) is 5.67. The van der Waals surface area contributed by atoms with Crippen molar-refractivity contribution in [2.24, 2.45) is 5.41 Å². The average molecular weight is 276 g/mol. The zero-order chi connectivity index (χ0) is 14.8. The van der Waals surface area contributed by atoms with Crippen LogP contribution in [0.2, 0.25) is 0 Å². The molecule has 1 saturated heterocycles. The van der Waals surface area contributed by atoms with E-state index in [1.165, 1.54) is 0 Å². The minimum atomic E-state index is -0.827. The molecule has 1 heterocycles. The molecule has 0 radical (unpaired) electrons. The highest BCUT2D eigenvalue weighted by Crippen LogP contribution is 2.30. The SMILES string of the molecule is CC1(C(=O)O)CCN(C(=O)CCc2ccc(N)cc2)C1. The van der Waals surface area contributed by atoms with E-state index >= 15 is 0 Å². The van der Waals surface area contributed by atoms with E-state index in [1.807, 2.05) is 24.3 Å². The van der Waals surface area contributed by atoms with Crippen LogP contribution in [0, 0.1) is 5.41 Å². The Bertz CT molecular complexity index is 512. The molecule has 0 aliphatic carbocycles. The van der Waals surface area contributed by atoms with Gasteiger partial charge in [0.25, 0.3) is 0 Å². The van der Waals surface area contributed by atoms with Gasteiger partial charge in [-0.25, -0.2) is 0 Å². The van der Waals surface area contributed by atoms with E-state index in [4.69, 9.17) is 10.8 Å². The van der Waals surface area contributed by atoms with Crippen LogP contribution in [0.25, 0.3) is 0 Å². The summed E-state index contributed by atoms with van der Waals surface area (Å²) in [6.45, 7) is 2.54. The average Bonchev–Trinajstić information content (AvgIpc) is 2.82. The summed E-state index contributed by atoms with van der Waals surface area (Å²) in [4.78, 5) is 24.9. The van der Waals surface area contributed by atoms with Crippen LogP contribution in [0.5, 0.6) is 0 Å². The Kier molecular flexibility index (Phi) is 3.97. The lowest BCUT2D eigenvalue weighted by molar-refractivity contribution is -0.147. The molecular formula is C15H20N2O3. The van der Waals surface area contributed by atoms with E-state index in [9.17, 15) is 9.59 Å². The lowest BCUT2D eigenvalue weighted by atomic mass is 9.90. The smallest absolute Gasteiger partial charge is 0.311 e. The normalized spacial score (nSPS) is 21.9. The number of anilines is 1. The Labute approximate surface area is 118 Å². The molecule has 5 nitrogen and oxygen atoms in total. The van der Waals surface area contributed by atoms with Crippen molar-refractivity contribution < 1.29 is 14.7 Å². The predicted octanol–water partition coefficient (Wildman–Crippen LogP) is 1.52. The number of carboxylic acid groups (broad SMARTS) is 1. The number of aliphatic carboxylic acids is 1. The minimum Gasteiger partial charge on any atom is -0.481 e. The van der Waals surface area contributed by atoms with Crippen molar-refractivity contribution in [1.29, 1.82) is 0 Å². The number of hydrogen-bond donors (Lipinski definition) is 2. The third kappa shape index (κ3) is 3.10. The van der Waals surface area contributed by atoms with E-state index in [2.05, 4.69) is 0 Å². The highest BCUT2D eigenvalue weighted by Gasteiger charge is 2.41. The van der Waals surface area contributed by atoms with Gasteiger partial charge >= 0.3 is 5.97 Å². The highest BCUT2D eigenvalue weighted by atomic mass is 16.4. The zero-order valence-electron chi connectivity index (χ0n) is 11.6. The van der Waals surface area contributed by atoms with Gasteiger partial charge in [-0.2, -0.15) is 0 Å². The van der Waals surface area contributed by atoms with Crippen LogP contribution in [-0.4, -0.2) is 35.0 Å². The monoisotopic (exact) mass is 276 g/mol. The topological polar surface area (TPSA) is 83.6 Å². The minimum absolute atomic E-state index is 0.0202. The number of benzene rings is 1. The summed E-state index contributed by atoms with van der Waals surface area (Å²) in [7, 11) is 0. The first-order valence-electron chi connectivity index (χ1n) is 6.76. The number of rotatable bonds is 4. The molecular weight excluding hydrogens is 256 g/mol. The molecule has 3 N–H and O–H groups in total. The summed E-state index contributed by atoms with van der Waals surface area (Å²) in [6.07, 6.45) is 1.58. The van der Waals surface area contributed by atoms with Crippen molar-refractivity contribution in [2.75, 3.05) is 18.8 Å². The molecule has 0 aromatic heterocycles. The van der Waals surface area contributed by atoms with Gasteiger partial charge in [0.05, 0.1) is 5.41 Å². The molecule has 1 aromatic rings. The summed E-state index contributed by atoms with van der Waals surface area (Å²) < 4.78 is 0. The van der Waals surface area contributed by atoms with Crippen molar-refractivity contribution in [3.8, 4) is 0 Å². The van der Waals surface area contributed by atoms with E-state index in [0.29, 0.717) is 38.0 Å². The van der Waals surface area contributed by atoms with Crippen LogP contribution < -0.4 is 5.73 Å². The van der Waals surface area contributed by atoms with Crippen LogP contribution in [0.1, 0.15) is 25.3 Å². The van der Waals surface area contributed by atoms with Gasteiger partial charge in [-0.1, -0.05) is 12.1 Å². The van der Waals surface area contributed by atoms with Crippen LogP contribution in [-0.2, 0) is 16.0 Å². The molecule has 1 aliphatic rings. The number of carbonyl (C=O) groups is 2. The number of aryl methyl sites for hydroxylation is 1. The Morgan fingerprint density at radius 1 is 1.35 bits per heavy atom. The molecule has 1 fully saturated rings. The first-order chi connectivity index (χ1) is 9.40. The molecule has 1 atom stereocenters. The quantitative estimate of drug-likeness (QED) is 0.817. The number of carboxylic acids is 1. The van der Waals surface area contributed by atoms with Crippen LogP contribution in [0.4, 0.5) is 5.69 Å². The second-order valence-electron chi connectivity index (χ2n) is 5.67. The molecule has 0 saturated carbocycles. The molecule has 1 amide bonds. The highest BCUT2D eigenvalue weighted by molar-refractivity contribution is 5.80. The fraction of sp³-hybridized carbons (Fsp3) is 0.467. The van der Waals surface area contributed by atoms with Gasteiger partial charge in [0.2, 0.25) is 5.91 Å². The summed E-state index contributed by atoms with van der Waals surface area (Å²) in [6, 6.07) is 7.45. The number of carbonyl (C=O) groups excluding carboxylic acids is 1. The Morgan fingerprint density at radius 3 is 2.55 bits per heavy atom. The standard InChI is InChI=1S/C15H20N2O3/c1-15(14(19)20)8-9-17(10-15)13(18)7-4-11-2-5-12(16)6-3-11/h2-3,5-6H,4,7-10,16H2,1H3,(H,19,20). The molecule has 0 bridgehead atoms. The van der Waals surface area contributed by atoms with Gasteiger partial charge < -0.3 is 15.7 Å². The van der Waals surface area contributed by atoms with Gasteiger partial charge in [0.1, 0.15) is 0 Å². The maximum Gasteiger partial charge on any atom is 0.311 e. The van der Waals surface area contributed by atoms with Crippen molar-refractivity contribution in [3.05, 3.63) is 29.8 Å². The number of likely N-dealkylation sites (tertiary alicyclic amines) is 1. The largest absolute Gasteiger partial charge is 0.481 e. The van der Waals surface area contributed by atoms with E-state index < -0.39 is 11.4 Å². The van der Waals surface area contributed by atoms with E-state index in [1.54, 1.807) is 11.8 Å². The summed E-state index contributed by atoms with van der Waals surface area (Å²) in [5.41, 5.74) is 6.58. The van der Waals surface area contributed by atoms with Crippen LogP contribution >= 0.6 is 0 Å². The fourth-order valence-electron chi connectivity index (χ4n) is 2.44. The third-order valence-corrected chi connectivity index (χ3v) is 3.95. The molecule has 108 valence electrons. The molecule has 1 aromatic carbocycles. The molecule has 20 heavy (non-hydrogen) atoms. The van der Waals surface area contributed by atoms with Gasteiger partial charge in [-0.3, -0.25) is 9.59 Å². The third-order valence-electron chi connectivity index (χ3n) is 3.95. The predicted molar refractivity (Wildman–Crippen MR) is 76.1 cm³/mol. The summed E-state index contributed by atoms with van der Waals surface area (Å²) in [5, 5.41) is 9.16. The maximum absolute atomic E-state index is 12.1. The van der Waals surface area contributed by atoms with Gasteiger partial charge in [0.15, 0.2) is 0 Å². The van der Waals surface area contributed by atoms with Crippen LogP contribution in [0.3, 0.4) is 0 Å². The molecule has 0 spiro atoms. The summed E-state index contributed by atoms with van der Waals surface area (Å²) >= 11 is 0. The first-order valence-corrected chi connectivity index (χ1v) is 6.76. The van der Waals surface area contributed by atoms with Crippen LogP contribution in [0.15, 0.2) is 24.3 Å². The first kappa shape index (κ1) is 14.4. The molecule has 1 aliphatic heterocycles. The number of hydrogen-bond acceptors (Lipinski definition) is 3. The number of nitrogen functional groups attached to an aromatic ring is 1. The number of nitrogens with zero attached hydrogens (tertiary/aromatic N) is 1. The Hall–Kier alpha value is -2.04. The fourth-order valence-corrected chi connectivity index (χ4v) is 2.44. The van der Waals surface area contributed by atoms with Crippen molar-refractivity contribution >= 4 is 17.6 Å². The number of amides is 1. The molecule has 5 heteroatoms.